The zero-order valence-corrected chi connectivity index (χ0v) is 11.6. The van der Waals surface area contributed by atoms with Crippen molar-refractivity contribution < 1.29 is 4.74 Å². The van der Waals surface area contributed by atoms with Gasteiger partial charge in [-0.25, -0.2) is 4.98 Å². The minimum absolute atomic E-state index is 0.133. The molecular weight excluding hydrogens is 272 g/mol. The van der Waals surface area contributed by atoms with E-state index in [1.54, 1.807) is 7.11 Å². The van der Waals surface area contributed by atoms with Gasteiger partial charge in [-0.2, -0.15) is 0 Å². The van der Waals surface area contributed by atoms with Crippen LogP contribution in [0.15, 0.2) is 9.27 Å². The van der Waals surface area contributed by atoms with Gasteiger partial charge in [0.05, 0.1) is 12.3 Å². The number of aromatic amines is 1. The van der Waals surface area contributed by atoms with Crippen molar-refractivity contribution in [3.05, 3.63) is 26.3 Å². The van der Waals surface area contributed by atoms with Crippen molar-refractivity contribution in [2.45, 2.75) is 32.6 Å². The Morgan fingerprint density at radius 3 is 2.56 bits per heavy atom. The third-order valence-corrected chi connectivity index (χ3v) is 2.90. The van der Waals surface area contributed by atoms with Crippen LogP contribution in [0.1, 0.15) is 32.3 Å². The molecule has 1 aromatic heterocycles. The zero-order valence-electron chi connectivity index (χ0n) is 10.1. The van der Waals surface area contributed by atoms with Crippen molar-refractivity contribution >= 4 is 15.9 Å². The Hall–Kier alpha value is -0.680. The molecule has 0 amide bonds. The van der Waals surface area contributed by atoms with Gasteiger partial charge in [-0.3, -0.25) is 4.79 Å². The minimum Gasteiger partial charge on any atom is -0.384 e. The highest BCUT2D eigenvalue weighted by Crippen LogP contribution is 2.25. The van der Waals surface area contributed by atoms with Crippen molar-refractivity contribution in [2.75, 3.05) is 13.7 Å². The van der Waals surface area contributed by atoms with E-state index in [4.69, 9.17) is 4.74 Å². The first-order valence-corrected chi connectivity index (χ1v) is 5.93. The number of hydrogen-bond acceptors (Lipinski definition) is 3. The second-order valence-electron chi connectivity index (χ2n) is 4.67. The third kappa shape index (κ3) is 3.15. The fourth-order valence-electron chi connectivity index (χ4n) is 1.32. The maximum absolute atomic E-state index is 11.7. The van der Waals surface area contributed by atoms with Crippen molar-refractivity contribution in [2.24, 2.45) is 0 Å². The summed E-state index contributed by atoms with van der Waals surface area (Å²) in [6.07, 6.45) is 0.613. The normalized spacial score (nSPS) is 11.8. The molecule has 5 heteroatoms. The molecule has 0 aliphatic rings. The quantitative estimate of drug-likeness (QED) is 0.926. The van der Waals surface area contributed by atoms with E-state index in [0.29, 0.717) is 23.3 Å². The van der Waals surface area contributed by atoms with Crippen LogP contribution in [0.3, 0.4) is 0 Å². The number of nitrogens with zero attached hydrogens (tertiary/aromatic N) is 1. The highest BCUT2D eigenvalue weighted by atomic mass is 79.9. The highest BCUT2D eigenvalue weighted by Gasteiger charge is 2.21. The molecule has 4 nitrogen and oxygen atoms in total. The standard InChI is InChI=1S/C11H17BrN2O2/c1-11(2,3)9-8(12)10(15)14-7(13-9)5-6-16-4/h5-6H2,1-4H3,(H,13,14,15). The predicted molar refractivity (Wildman–Crippen MR) is 66.8 cm³/mol. The fraction of sp³-hybridized carbons (Fsp3) is 0.636. The van der Waals surface area contributed by atoms with E-state index in [-0.39, 0.29) is 11.0 Å². The van der Waals surface area contributed by atoms with Crippen LogP contribution in [0.5, 0.6) is 0 Å². The second-order valence-corrected chi connectivity index (χ2v) is 5.46. The Balaban J connectivity index is 3.18. The van der Waals surface area contributed by atoms with Crippen LogP contribution in [-0.4, -0.2) is 23.7 Å². The number of halogens is 1. The average molecular weight is 289 g/mol. The van der Waals surface area contributed by atoms with Gasteiger partial charge in [0.2, 0.25) is 0 Å². The van der Waals surface area contributed by atoms with Gasteiger partial charge in [0.25, 0.3) is 5.56 Å². The van der Waals surface area contributed by atoms with Crippen molar-refractivity contribution in [1.29, 1.82) is 0 Å². The number of nitrogens with one attached hydrogen (secondary N) is 1. The molecule has 0 saturated heterocycles. The summed E-state index contributed by atoms with van der Waals surface area (Å²) in [6, 6.07) is 0. The highest BCUT2D eigenvalue weighted by molar-refractivity contribution is 9.10. The summed E-state index contributed by atoms with van der Waals surface area (Å²) < 4.78 is 5.48. The monoisotopic (exact) mass is 288 g/mol. The van der Waals surface area contributed by atoms with E-state index in [0.717, 1.165) is 5.69 Å². The molecule has 0 spiro atoms. The van der Waals surface area contributed by atoms with Gasteiger partial charge >= 0.3 is 0 Å². The van der Waals surface area contributed by atoms with Crippen molar-refractivity contribution in [3.63, 3.8) is 0 Å². The first-order chi connectivity index (χ1) is 7.36. The maximum atomic E-state index is 11.7. The Bertz CT molecular complexity index is 421. The first-order valence-electron chi connectivity index (χ1n) is 5.14. The van der Waals surface area contributed by atoms with E-state index in [1.165, 1.54) is 0 Å². The lowest BCUT2D eigenvalue weighted by atomic mass is 9.92. The summed E-state index contributed by atoms with van der Waals surface area (Å²) in [5, 5.41) is 0. The Morgan fingerprint density at radius 1 is 1.44 bits per heavy atom. The van der Waals surface area contributed by atoms with Crippen molar-refractivity contribution in [1.82, 2.24) is 9.97 Å². The van der Waals surface area contributed by atoms with Gasteiger partial charge in [-0.05, 0) is 15.9 Å². The van der Waals surface area contributed by atoms with E-state index in [1.807, 2.05) is 20.8 Å². The number of H-pyrrole nitrogens is 1. The summed E-state index contributed by atoms with van der Waals surface area (Å²) >= 11 is 3.28. The van der Waals surface area contributed by atoms with E-state index in [2.05, 4.69) is 25.9 Å². The molecule has 0 bridgehead atoms. The van der Waals surface area contributed by atoms with Gasteiger partial charge in [0.1, 0.15) is 10.3 Å². The number of ether oxygens (including phenoxy) is 1. The smallest absolute Gasteiger partial charge is 0.265 e. The van der Waals surface area contributed by atoms with E-state index < -0.39 is 0 Å². The zero-order chi connectivity index (χ0) is 12.3. The Morgan fingerprint density at radius 2 is 2.06 bits per heavy atom. The fourth-order valence-corrected chi connectivity index (χ4v) is 2.10. The molecule has 0 aromatic carbocycles. The summed E-state index contributed by atoms with van der Waals surface area (Å²) in [7, 11) is 1.63. The molecule has 0 saturated carbocycles. The third-order valence-electron chi connectivity index (χ3n) is 2.17. The Labute approximate surface area is 104 Å². The molecule has 0 unspecified atom stereocenters. The van der Waals surface area contributed by atoms with Gasteiger partial charge in [0.15, 0.2) is 0 Å². The largest absolute Gasteiger partial charge is 0.384 e. The number of rotatable bonds is 3. The SMILES string of the molecule is COCCc1nc(C(C)(C)C)c(Br)c(=O)[nH]1. The summed E-state index contributed by atoms with van der Waals surface area (Å²) in [5.74, 6) is 0.667. The molecule has 1 heterocycles. The van der Waals surface area contributed by atoms with Crippen LogP contribution < -0.4 is 5.56 Å². The van der Waals surface area contributed by atoms with Crippen LogP contribution in [0.25, 0.3) is 0 Å². The van der Waals surface area contributed by atoms with Crippen LogP contribution in [0, 0.1) is 0 Å². The molecule has 1 aromatic rings. The first kappa shape index (κ1) is 13.4. The molecule has 90 valence electrons. The molecule has 0 aliphatic carbocycles. The number of methoxy groups -OCH3 is 1. The van der Waals surface area contributed by atoms with Crippen LogP contribution in [0.2, 0.25) is 0 Å². The predicted octanol–water partition coefficient (Wildman–Crippen LogP) is 2.02. The van der Waals surface area contributed by atoms with E-state index in [9.17, 15) is 4.79 Å². The molecule has 0 aliphatic heterocycles. The van der Waals surface area contributed by atoms with Gasteiger partial charge in [-0.15, -0.1) is 0 Å². The molecule has 0 fully saturated rings. The van der Waals surface area contributed by atoms with Gasteiger partial charge < -0.3 is 9.72 Å². The van der Waals surface area contributed by atoms with Crippen LogP contribution >= 0.6 is 15.9 Å². The van der Waals surface area contributed by atoms with Crippen LogP contribution in [-0.2, 0) is 16.6 Å². The molecular formula is C11H17BrN2O2. The molecule has 16 heavy (non-hydrogen) atoms. The summed E-state index contributed by atoms with van der Waals surface area (Å²) in [5.41, 5.74) is 0.489. The van der Waals surface area contributed by atoms with Crippen LogP contribution in [0.4, 0.5) is 0 Å². The summed E-state index contributed by atoms with van der Waals surface area (Å²) in [4.78, 5) is 18.9. The average Bonchev–Trinajstić information content (AvgIpc) is 2.17. The van der Waals surface area contributed by atoms with E-state index >= 15 is 0 Å². The minimum atomic E-state index is -0.158. The lowest BCUT2D eigenvalue weighted by Gasteiger charge is -2.19. The van der Waals surface area contributed by atoms with Gasteiger partial charge in [-0.1, -0.05) is 20.8 Å². The lowest BCUT2D eigenvalue weighted by molar-refractivity contribution is 0.200. The lowest BCUT2D eigenvalue weighted by Crippen LogP contribution is -2.23. The molecule has 1 rings (SSSR count). The molecule has 0 atom stereocenters. The van der Waals surface area contributed by atoms with Crippen molar-refractivity contribution in [3.8, 4) is 0 Å². The molecule has 1 N–H and O–H groups in total. The molecule has 0 radical (unpaired) electrons. The Kier molecular flexibility index (Phi) is 4.27. The topological polar surface area (TPSA) is 55.0 Å². The second kappa shape index (κ2) is 5.10. The van der Waals surface area contributed by atoms with Gasteiger partial charge in [0, 0.05) is 18.9 Å². The maximum Gasteiger partial charge on any atom is 0.265 e. The number of hydrogen-bond donors (Lipinski definition) is 1. The number of aromatic nitrogens is 2. The summed E-state index contributed by atoms with van der Waals surface area (Å²) in [6.45, 7) is 6.63.